The van der Waals surface area contributed by atoms with Crippen LogP contribution in [0.5, 0.6) is 0 Å². The van der Waals surface area contributed by atoms with Crippen LogP contribution in [0.4, 0.5) is 0 Å². The zero-order chi connectivity index (χ0) is 12.6. The fourth-order valence-electron chi connectivity index (χ4n) is 2.99. The number of hydrogen-bond acceptors (Lipinski definition) is 1. The summed E-state index contributed by atoms with van der Waals surface area (Å²) in [7, 11) is 0. The molecule has 18 heavy (non-hydrogen) atoms. The minimum Gasteiger partial charge on any atom is -0.304 e. The van der Waals surface area contributed by atoms with Gasteiger partial charge in [-0.05, 0) is 37.0 Å². The van der Waals surface area contributed by atoms with E-state index in [1.807, 2.05) is 0 Å². The van der Waals surface area contributed by atoms with E-state index in [0.717, 1.165) is 13.0 Å². The fraction of sp³-hybridized carbons (Fsp3) is 0.294. The third-order valence-electron chi connectivity index (χ3n) is 4.02. The van der Waals surface area contributed by atoms with Crippen molar-refractivity contribution in [2.75, 3.05) is 6.54 Å². The molecule has 1 nitrogen and oxygen atoms in total. The van der Waals surface area contributed by atoms with Crippen LogP contribution in [0.2, 0.25) is 0 Å². The first kappa shape index (κ1) is 11.5. The first-order valence-electron chi connectivity index (χ1n) is 6.61. The summed E-state index contributed by atoms with van der Waals surface area (Å²) in [5, 5.41) is 3.69. The summed E-state index contributed by atoms with van der Waals surface area (Å²) in [6, 6.07) is 17.6. The van der Waals surface area contributed by atoms with Crippen molar-refractivity contribution in [1.82, 2.24) is 5.32 Å². The third-order valence-corrected chi connectivity index (χ3v) is 4.02. The van der Waals surface area contributed by atoms with E-state index in [2.05, 4.69) is 67.7 Å². The molecule has 1 aliphatic heterocycles. The smallest absolute Gasteiger partial charge is 0.0664 e. The molecule has 1 N–H and O–H groups in total. The van der Waals surface area contributed by atoms with Gasteiger partial charge in [0.1, 0.15) is 0 Å². The molecule has 1 unspecified atom stereocenters. The van der Waals surface area contributed by atoms with Gasteiger partial charge < -0.3 is 5.32 Å². The SMILES string of the molecule is Cc1ccc2c(c1)CCNC2(C)c1ccccc1. The van der Waals surface area contributed by atoms with Crippen LogP contribution in [-0.2, 0) is 12.0 Å². The summed E-state index contributed by atoms with van der Waals surface area (Å²) < 4.78 is 0. The summed E-state index contributed by atoms with van der Waals surface area (Å²) in [5.74, 6) is 0. The Morgan fingerprint density at radius 3 is 2.61 bits per heavy atom. The molecule has 92 valence electrons. The topological polar surface area (TPSA) is 12.0 Å². The van der Waals surface area contributed by atoms with E-state index >= 15 is 0 Å². The molecule has 1 atom stereocenters. The molecule has 2 aromatic rings. The van der Waals surface area contributed by atoms with Gasteiger partial charge in [0.25, 0.3) is 0 Å². The largest absolute Gasteiger partial charge is 0.304 e. The van der Waals surface area contributed by atoms with Crippen molar-refractivity contribution < 1.29 is 0 Å². The molecular formula is C17H19N. The van der Waals surface area contributed by atoms with Gasteiger partial charge in [-0.1, -0.05) is 54.1 Å². The normalized spacial score (nSPS) is 22.6. The summed E-state index contributed by atoms with van der Waals surface area (Å²) in [6.07, 6.45) is 1.12. The van der Waals surface area contributed by atoms with E-state index in [9.17, 15) is 0 Å². The Balaban J connectivity index is 2.16. The van der Waals surface area contributed by atoms with E-state index in [-0.39, 0.29) is 5.54 Å². The highest BCUT2D eigenvalue weighted by atomic mass is 15.0. The highest BCUT2D eigenvalue weighted by molar-refractivity contribution is 5.45. The van der Waals surface area contributed by atoms with Gasteiger partial charge in [-0.2, -0.15) is 0 Å². The van der Waals surface area contributed by atoms with Crippen LogP contribution < -0.4 is 5.32 Å². The second-order valence-electron chi connectivity index (χ2n) is 5.33. The van der Waals surface area contributed by atoms with Crippen LogP contribution >= 0.6 is 0 Å². The van der Waals surface area contributed by atoms with Crippen molar-refractivity contribution in [3.05, 3.63) is 70.8 Å². The Bertz CT molecular complexity index is 559. The molecule has 0 spiro atoms. The van der Waals surface area contributed by atoms with E-state index in [4.69, 9.17) is 0 Å². The monoisotopic (exact) mass is 237 g/mol. The molecular weight excluding hydrogens is 218 g/mol. The summed E-state index contributed by atoms with van der Waals surface area (Å²) in [6.45, 7) is 5.50. The van der Waals surface area contributed by atoms with Crippen molar-refractivity contribution >= 4 is 0 Å². The second-order valence-corrected chi connectivity index (χ2v) is 5.33. The Morgan fingerprint density at radius 2 is 1.83 bits per heavy atom. The molecule has 0 aliphatic carbocycles. The number of hydrogen-bond donors (Lipinski definition) is 1. The Hall–Kier alpha value is -1.60. The number of fused-ring (bicyclic) bond motifs is 1. The van der Waals surface area contributed by atoms with E-state index in [1.54, 1.807) is 0 Å². The lowest BCUT2D eigenvalue weighted by Crippen LogP contribution is -2.45. The highest BCUT2D eigenvalue weighted by Crippen LogP contribution is 2.34. The van der Waals surface area contributed by atoms with Crippen LogP contribution in [0, 0.1) is 6.92 Å². The predicted octanol–water partition coefficient (Wildman–Crippen LogP) is 3.40. The average molecular weight is 237 g/mol. The Morgan fingerprint density at radius 1 is 1.06 bits per heavy atom. The zero-order valence-electron chi connectivity index (χ0n) is 11.0. The minimum atomic E-state index is -0.0530. The molecule has 0 saturated heterocycles. The first-order chi connectivity index (χ1) is 8.70. The molecule has 1 heterocycles. The summed E-state index contributed by atoms with van der Waals surface area (Å²) in [5.41, 5.74) is 5.55. The predicted molar refractivity (Wildman–Crippen MR) is 75.8 cm³/mol. The van der Waals surface area contributed by atoms with Crippen molar-refractivity contribution in [2.24, 2.45) is 0 Å². The highest BCUT2D eigenvalue weighted by Gasteiger charge is 2.32. The van der Waals surface area contributed by atoms with Gasteiger partial charge in [0.15, 0.2) is 0 Å². The number of aryl methyl sites for hydroxylation is 1. The quantitative estimate of drug-likeness (QED) is 0.801. The van der Waals surface area contributed by atoms with Crippen molar-refractivity contribution in [3.63, 3.8) is 0 Å². The van der Waals surface area contributed by atoms with Crippen LogP contribution in [0.25, 0.3) is 0 Å². The lowest BCUT2D eigenvalue weighted by molar-refractivity contribution is 0.414. The minimum absolute atomic E-state index is 0.0530. The van der Waals surface area contributed by atoms with Crippen molar-refractivity contribution in [2.45, 2.75) is 25.8 Å². The van der Waals surface area contributed by atoms with Crippen molar-refractivity contribution in [1.29, 1.82) is 0 Å². The average Bonchev–Trinajstić information content (AvgIpc) is 2.40. The van der Waals surface area contributed by atoms with Gasteiger partial charge in [-0.3, -0.25) is 0 Å². The maximum Gasteiger partial charge on any atom is 0.0664 e. The molecule has 3 rings (SSSR count). The van der Waals surface area contributed by atoms with Gasteiger partial charge in [-0.15, -0.1) is 0 Å². The molecule has 0 radical (unpaired) electrons. The lowest BCUT2D eigenvalue weighted by atomic mass is 9.78. The third kappa shape index (κ3) is 1.75. The number of rotatable bonds is 1. The molecule has 1 aliphatic rings. The van der Waals surface area contributed by atoms with Gasteiger partial charge in [0, 0.05) is 6.54 Å². The maximum atomic E-state index is 3.69. The van der Waals surface area contributed by atoms with Gasteiger partial charge in [-0.25, -0.2) is 0 Å². The lowest BCUT2D eigenvalue weighted by Gasteiger charge is -2.38. The summed E-state index contributed by atoms with van der Waals surface area (Å²) >= 11 is 0. The second kappa shape index (κ2) is 4.25. The van der Waals surface area contributed by atoms with Gasteiger partial charge in [0.2, 0.25) is 0 Å². The molecule has 0 saturated carbocycles. The molecule has 2 aromatic carbocycles. The van der Waals surface area contributed by atoms with Crippen LogP contribution in [-0.4, -0.2) is 6.54 Å². The molecule has 0 aromatic heterocycles. The fourth-order valence-corrected chi connectivity index (χ4v) is 2.99. The summed E-state index contributed by atoms with van der Waals surface area (Å²) in [4.78, 5) is 0. The van der Waals surface area contributed by atoms with Crippen molar-refractivity contribution in [3.8, 4) is 0 Å². The van der Waals surface area contributed by atoms with Gasteiger partial charge >= 0.3 is 0 Å². The van der Waals surface area contributed by atoms with E-state index in [0.29, 0.717) is 0 Å². The molecule has 0 amide bonds. The zero-order valence-corrected chi connectivity index (χ0v) is 11.0. The van der Waals surface area contributed by atoms with Gasteiger partial charge in [0.05, 0.1) is 5.54 Å². The number of benzene rings is 2. The van der Waals surface area contributed by atoms with E-state index < -0.39 is 0 Å². The van der Waals surface area contributed by atoms with Crippen LogP contribution in [0.1, 0.15) is 29.2 Å². The standard InChI is InChI=1S/C17H19N/c1-13-8-9-16-14(12-13)10-11-18-17(16,2)15-6-4-3-5-7-15/h3-9,12,18H,10-11H2,1-2H3. The van der Waals surface area contributed by atoms with Crippen LogP contribution in [0.3, 0.4) is 0 Å². The molecule has 0 bridgehead atoms. The molecule has 0 fully saturated rings. The Kier molecular flexibility index (Phi) is 2.71. The van der Waals surface area contributed by atoms with Crippen LogP contribution in [0.15, 0.2) is 48.5 Å². The Labute approximate surface area is 109 Å². The molecule has 1 heteroatoms. The van der Waals surface area contributed by atoms with E-state index in [1.165, 1.54) is 22.3 Å². The number of nitrogens with one attached hydrogen (secondary N) is 1. The maximum absolute atomic E-state index is 3.69. The first-order valence-corrected chi connectivity index (χ1v) is 6.61.